The Kier molecular flexibility index (Phi) is 3.33. The van der Waals surface area contributed by atoms with Crippen LogP contribution in [0.2, 0.25) is 0 Å². The predicted octanol–water partition coefficient (Wildman–Crippen LogP) is 2.63. The van der Waals surface area contributed by atoms with Crippen LogP contribution in [0.3, 0.4) is 0 Å². The van der Waals surface area contributed by atoms with Gasteiger partial charge >= 0.3 is 0 Å². The molecule has 2 aliphatic carbocycles. The van der Waals surface area contributed by atoms with Crippen LogP contribution < -0.4 is 5.73 Å². The Bertz CT molecular complexity index is 245. The Morgan fingerprint density at radius 2 is 1.94 bits per heavy atom. The fourth-order valence-corrected chi connectivity index (χ4v) is 3.50. The molecule has 1 atom stereocenters. The minimum absolute atomic E-state index is 0.296. The van der Waals surface area contributed by atoms with Crippen LogP contribution in [-0.4, -0.2) is 30.6 Å². The van der Waals surface area contributed by atoms with Crippen LogP contribution in [0.1, 0.15) is 52.4 Å². The van der Waals surface area contributed by atoms with Crippen molar-refractivity contribution in [3.8, 4) is 0 Å². The third kappa shape index (κ3) is 2.60. The van der Waals surface area contributed by atoms with Gasteiger partial charge in [-0.3, -0.25) is 4.90 Å². The molecule has 1 unspecified atom stereocenters. The number of nitrogens with two attached hydrogens (primary N) is 1. The first-order chi connectivity index (χ1) is 7.47. The van der Waals surface area contributed by atoms with Crippen molar-refractivity contribution in [3.63, 3.8) is 0 Å². The molecule has 0 aromatic carbocycles. The first-order valence-corrected chi connectivity index (χ1v) is 6.89. The second-order valence-electron chi connectivity index (χ2n) is 6.95. The molecule has 0 bridgehead atoms. The van der Waals surface area contributed by atoms with Gasteiger partial charge in [-0.2, -0.15) is 0 Å². The van der Waals surface area contributed by atoms with Crippen molar-refractivity contribution < 1.29 is 0 Å². The number of nitrogens with zero attached hydrogens (tertiary/aromatic N) is 1. The maximum absolute atomic E-state index is 6.11. The highest BCUT2D eigenvalue weighted by Crippen LogP contribution is 2.44. The van der Waals surface area contributed by atoms with Crippen molar-refractivity contribution in [2.45, 2.75) is 57.9 Å². The van der Waals surface area contributed by atoms with E-state index in [9.17, 15) is 0 Å². The van der Waals surface area contributed by atoms with Crippen LogP contribution in [0.4, 0.5) is 0 Å². The van der Waals surface area contributed by atoms with Gasteiger partial charge in [-0.1, -0.05) is 20.3 Å². The summed E-state index contributed by atoms with van der Waals surface area (Å²) >= 11 is 0. The second-order valence-corrected chi connectivity index (χ2v) is 6.95. The first-order valence-electron chi connectivity index (χ1n) is 6.89. The highest BCUT2D eigenvalue weighted by Gasteiger charge is 2.42. The zero-order valence-corrected chi connectivity index (χ0v) is 11.3. The van der Waals surface area contributed by atoms with E-state index < -0.39 is 0 Å². The normalized spacial score (nSPS) is 34.3. The molecule has 16 heavy (non-hydrogen) atoms. The van der Waals surface area contributed by atoms with Gasteiger partial charge in [-0.05, 0) is 50.5 Å². The highest BCUT2D eigenvalue weighted by atomic mass is 15.2. The first kappa shape index (κ1) is 12.4. The molecule has 0 saturated heterocycles. The summed E-state index contributed by atoms with van der Waals surface area (Å²) in [5, 5.41) is 0. The van der Waals surface area contributed by atoms with E-state index in [1.807, 2.05) is 0 Å². The molecule has 0 aromatic rings. The average Bonchev–Trinajstić information content (AvgIpc) is 2.99. The molecule has 2 saturated carbocycles. The lowest BCUT2D eigenvalue weighted by molar-refractivity contribution is 0.0247. The fourth-order valence-electron chi connectivity index (χ4n) is 3.50. The third-order valence-corrected chi connectivity index (χ3v) is 4.72. The standard InChI is InChI=1S/C14H28N2/c1-13(2)7-4-8-14(10-13,11-15)16(3)9-12-5-6-12/h12H,4-11,15H2,1-3H3. The van der Waals surface area contributed by atoms with Crippen LogP contribution in [0.25, 0.3) is 0 Å². The second kappa shape index (κ2) is 4.30. The monoisotopic (exact) mass is 224 g/mol. The molecule has 2 N–H and O–H groups in total. The summed E-state index contributed by atoms with van der Waals surface area (Å²) in [4.78, 5) is 2.59. The molecule has 0 aliphatic heterocycles. The summed E-state index contributed by atoms with van der Waals surface area (Å²) in [5.74, 6) is 0.971. The number of hydrogen-bond donors (Lipinski definition) is 1. The van der Waals surface area contributed by atoms with E-state index in [1.165, 1.54) is 45.1 Å². The lowest BCUT2D eigenvalue weighted by atomic mass is 9.67. The quantitative estimate of drug-likeness (QED) is 0.795. The van der Waals surface area contributed by atoms with Crippen molar-refractivity contribution in [1.82, 2.24) is 4.90 Å². The van der Waals surface area contributed by atoms with E-state index in [1.54, 1.807) is 0 Å². The van der Waals surface area contributed by atoms with Crippen molar-refractivity contribution in [3.05, 3.63) is 0 Å². The molecule has 0 spiro atoms. The summed E-state index contributed by atoms with van der Waals surface area (Å²) in [7, 11) is 2.30. The summed E-state index contributed by atoms with van der Waals surface area (Å²) in [6.07, 6.45) is 8.17. The molecule has 0 aromatic heterocycles. The molecule has 94 valence electrons. The topological polar surface area (TPSA) is 29.3 Å². The summed E-state index contributed by atoms with van der Waals surface area (Å²) in [5.41, 5.74) is 6.89. The lowest BCUT2D eigenvalue weighted by Crippen LogP contribution is -2.56. The predicted molar refractivity (Wildman–Crippen MR) is 69.4 cm³/mol. The minimum atomic E-state index is 0.296. The molecule has 2 aliphatic rings. The van der Waals surface area contributed by atoms with Crippen molar-refractivity contribution >= 4 is 0 Å². The average molecular weight is 224 g/mol. The SMILES string of the molecule is CN(CC1CC1)C1(CN)CCCC(C)(C)C1. The Morgan fingerprint density at radius 1 is 1.25 bits per heavy atom. The Labute approximate surface area is 101 Å². The summed E-state index contributed by atoms with van der Waals surface area (Å²) < 4.78 is 0. The van der Waals surface area contributed by atoms with Crippen LogP contribution >= 0.6 is 0 Å². The molecule has 2 fully saturated rings. The van der Waals surface area contributed by atoms with Gasteiger partial charge in [0.25, 0.3) is 0 Å². The van der Waals surface area contributed by atoms with Crippen molar-refractivity contribution in [2.75, 3.05) is 20.1 Å². The molecule has 0 heterocycles. The number of likely N-dealkylation sites (N-methyl/N-ethyl adjacent to an activating group) is 1. The van der Waals surface area contributed by atoms with Crippen LogP contribution in [0, 0.1) is 11.3 Å². The molecular weight excluding hydrogens is 196 g/mol. The van der Waals surface area contributed by atoms with Gasteiger partial charge in [-0.25, -0.2) is 0 Å². The van der Waals surface area contributed by atoms with Gasteiger partial charge in [0.05, 0.1) is 0 Å². The minimum Gasteiger partial charge on any atom is -0.329 e. The number of rotatable bonds is 4. The fraction of sp³-hybridized carbons (Fsp3) is 1.00. The van der Waals surface area contributed by atoms with Crippen molar-refractivity contribution in [2.24, 2.45) is 17.1 Å². The largest absolute Gasteiger partial charge is 0.329 e. The lowest BCUT2D eigenvalue weighted by Gasteiger charge is -2.50. The Morgan fingerprint density at radius 3 is 2.44 bits per heavy atom. The van der Waals surface area contributed by atoms with Crippen LogP contribution in [0.5, 0.6) is 0 Å². The molecular formula is C14H28N2. The Hall–Kier alpha value is -0.0800. The molecule has 2 nitrogen and oxygen atoms in total. The van der Waals surface area contributed by atoms with Gasteiger partial charge in [0, 0.05) is 18.6 Å². The van der Waals surface area contributed by atoms with E-state index in [4.69, 9.17) is 5.73 Å². The van der Waals surface area contributed by atoms with Crippen LogP contribution in [0.15, 0.2) is 0 Å². The molecule has 0 radical (unpaired) electrons. The van der Waals surface area contributed by atoms with Gasteiger partial charge < -0.3 is 5.73 Å². The van der Waals surface area contributed by atoms with Gasteiger partial charge in [0.1, 0.15) is 0 Å². The van der Waals surface area contributed by atoms with E-state index in [-0.39, 0.29) is 0 Å². The summed E-state index contributed by atoms with van der Waals surface area (Å²) in [6, 6.07) is 0. The molecule has 2 rings (SSSR count). The van der Waals surface area contributed by atoms with E-state index in [0.29, 0.717) is 11.0 Å². The Balaban J connectivity index is 2.04. The highest BCUT2D eigenvalue weighted by molar-refractivity contribution is 4.99. The van der Waals surface area contributed by atoms with Gasteiger partial charge in [0.2, 0.25) is 0 Å². The zero-order valence-electron chi connectivity index (χ0n) is 11.3. The van der Waals surface area contributed by atoms with Gasteiger partial charge in [0.15, 0.2) is 0 Å². The molecule has 2 heteroatoms. The van der Waals surface area contributed by atoms with Gasteiger partial charge in [-0.15, -0.1) is 0 Å². The summed E-state index contributed by atoms with van der Waals surface area (Å²) in [6.45, 7) is 6.91. The third-order valence-electron chi connectivity index (χ3n) is 4.72. The smallest absolute Gasteiger partial charge is 0.0333 e. The maximum Gasteiger partial charge on any atom is 0.0333 e. The molecule has 0 amide bonds. The van der Waals surface area contributed by atoms with E-state index >= 15 is 0 Å². The zero-order chi connectivity index (χ0) is 11.8. The van der Waals surface area contributed by atoms with Crippen molar-refractivity contribution in [1.29, 1.82) is 0 Å². The number of hydrogen-bond acceptors (Lipinski definition) is 2. The maximum atomic E-state index is 6.11. The van der Waals surface area contributed by atoms with E-state index in [2.05, 4.69) is 25.8 Å². The van der Waals surface area contributed by atoms with Crippen LogP contribution in [-0.2, 0) is 0 Å². The van der Waals surface area contributed by atoms with E-state index in [0.717, 1.165) is 12.5 Å².